The molecule has 0 aliphatic carbocycles. The van der Waals surface area contributed by atoms with Crippen LogP contribution in [0.25, 0.3) is 11.4 Å². The summed E-state index contributed by atoms with van der Waals surface area (Å²) in [6.07, 6.45) is 1.49. The molecule has 2 N–H and O–H groups in total. The summed E-state index contributed by atoms with van der Waals surface area (Å²) in [5.74, 6) is 0.998. The second-order valence-corrected chi connectivity index (χ2v) is 5.79. The van der Waals surface area contributed by atoms with Crippen LogP contribution in [0.1, 0.15) is 18.1 Å². The van der Waals surface area contributed by atoms with Gasteiger partial charge in [0.05, 0.1) is 0 Å². The van der Waals surface area contributed by atoms with Crippen molar-refractivity contribution in [2.45, 2.75) is 20.8 Å². The van der Waals surface area contributed by atoms with Crippen molar-refractivity contribution in [2.75, 3.05) is 10.6 Å². The number of carbonyl (C=O) groups is 1. The molecule has 1 heterocycles. The molecular weight excluding hydrogens is 314 g/mol. The molecule has 0 aliphatic heterocycles. The molecule has 0 saturated carbocycles. The molecular formula is C19H19N5O. The minimum Gasteiger partial charge on any atom is -0.326 e. The summed E-state index contributed by atoms with van der Waals surface area (Å²) in [5, 5.41) is 6.06. The second kappa shape index (κ2) is 7.09. The molecule has 1 amide bonds. The molecule has 1 aromatic heterocycles. The quantitative estimate of drug-likeness (QED) is 0.758. The second-order valence-electron chi connectivity index (χ2n) is 5.79. The summed E-state index contributed by atoms with van der Waals surface area (Å²) in [6.45, 7) is 5.40. The largest absolute Gasteiger partial charge is 0.326 e. The van der Waals surface area contributed by atoms with Crippen molar-refractivity contribution < 1.29 is 4.79 Å². The molecule has 0 bridgehead atoms. The predicted octanol–water partition coefficient (Wildman–Crippen LogP) is 3.86. The molecule has 126 valence electrons. The average molecular weight is 333 g/mol. The fraction of sp³-hybridized carbons (Fsp3) is 0.158. The molecule has 2 aromatic carbocycles. The lowest BCUT2D eigenvalue weighted by atomic mass is 10.1. The maximum absolute atomic E-state index is 11.3. The Morgan fingerprint density at radius 2 is 1.68 bits per heavy atom. The molecule has 0 radical (unpaired) electrons. The van der Waals surface area contributed by atoms with Gasteiger partial charge in [0.1, 0.15) is 6.33 Å². The number of carbonyl (C=O) groups excluding carboxylic acids is 1. The summed E-state index contributed by atoms with van der Waals surface area (Å²) in [5.41, 5.74) is 4.55. The number of benzene rings is 2. The number of nitrogens with zero attached hydrogens (tertiary/aromatic N) is 3. The number of aromatic nitrogens is 3. The Bertz CT molecular complexity index is 886. The van der Waals surface area contributed by atoms with Crippen molar-refractivity contribution in [3.63, 3.8) is 0 Å². The van der Waals surface area contributed by atoms with Gasteiger partial charge >= 0.3 is 0 Å². The van der Waals surface area contributed by atoms with E-state index in [1.807, 2.05) is 56.3 Å². The highest BCUT2D eigenvalue weighted by Gasteiger charge is 2.09. The number of nitrogens with one attached hydrogen (secondary N) is 2. The molecule has 0 unspecified atom stereocenters. The number of aryl methyl sites for hydroxylation is 2. The van der Waals surface area contributed by atoms with Crippen LogP contribution >= 0.6 is 0 Å². The molecule has 0 atom stereocenters. The summed E-state index contributed by atoms with van der Waals surface area (Å²) in [4.78, 5) is 24.2. The van der Waals surface area contributed by atoms with Crippen LogP contribution in [0.15, 0.2) is 48.8 Å². The zero-order chi connectivity index (χ0) is 17.8. The normalized spacial score (nSPS) is 10.4. The Morgan fingerprint density at radius 1 is 1.00 bits per heavy atom. The third kappa shape index (κ3) is 3.98. The molecule has 0 fully saturated rings. The monoisotopic (exact) mass is 333 g/mol. The van der Waals surface area contributed by atoms with Crippen LogP contribution in [-0.4, -0.2) is 20.9 Å². The molecule has 3 aromatic rings. The van der Waals surface area contributed by atoms with Gasteiger partial charge in [-0.1, -0.05) is 30.3 Å². The Morgan fingerprint density at radius 3 is 2.32 bits per heavy atom. The topological polar surface area (TPSA) is 79.8 Å². The van der Waals surface area contributed by atoms with Crippen LogP contribution in [0, 0.1) is 13.8 Å². The lowest BCUT2D eigenvalue weighted by molar-refractivity contribution is -0.114. The maximum atomic E-state index is 11.3. The SMILES string of the molecule is CC(=O)Nc1c(C)cc(Nc2ncnc(-c3ccccc3)n2)cc1C. The fourth-order valence-electron chi connectivity index (χ4n) is 2.62. The first-order chi connectivity index (χ1) is 12.0. The third-order valence-corrected chi connectivity index (χ3v) is 3.69. The van der Waals surface area contributed by atoms with Gasteiger partial charge in [-0.3, -0.25) is 4.79 Å². The number of hydrogen-bond acceptors (Lipinski definition) is 5. The van der Waals surface area contributed by atoms with E-state index in [0.29, 0.717) is 11.8 Å². The van der Waals surface area contributed by atoms with Gasteiger partial charge in [0.25, 0.3) is 0 Å². The van der Waals surface area contributed by atoms with Gasteiger partial charge in [0, 0.05) is 23.9 Å². The molecule has 6 nitrogen and oxygen atoms in total. The van der Waals surface area contributed by atoms with Crippen LogP contribution in [-0.2, 0) is 4.79 Å². The van der Waals surface area contributed by atoms with E-state index < -0.39 is 0 Å². The van der Waals surface area contributed by atoms with Gasteiger partial charge in [-0.2, -0.15) is 4.98 Å². The highest BCUT2D eigenvalue weighted by Crippen LogP contribution is 2.26. The molecule has 0 aliphatic rings. The van der Waals surface area contributed by atoms with E-state index in [1.165, 1.54) is 13.3 Å². The van der Waals surface area contributed by atoms with Gasteiger partial charge in [-0.25, -0.2) is 9.97 Å². The number of rotatable bonds is 4. The Balaban J connectivity index is 1.87. The Hall–Kier alpha value is -3.28. The predicted molar refractivity (Wildman–Crippen MR) is 98.8 cm³/mol. The molecule has 0 saturated heterocycles. The minimum atomic E-state index is -0.0862. The van der Waals surface area contributed by atoms with E-state index in [4.69, 9.17) is 0 Å². The van der Waals surface area contributed by atoms with Crippen molar-refractivity contribution in [1.82, 2.24) is 15.0 Å². The molecule has 3 rings (SSSR count). The number of hydrogen-bond donors (Lipinski definition) is 2. The molecule has 6 heteroatoms. The van der Waals surface area contributed by atoms with Gasteiger partial charge in [-0.15, -0.1) is 0 Å². The maximum Gasteiger partial charge on any atom is 0.230 e. The van der Waals surface area contributed by atoms with E-state index in [2.05, 4.69) is 25.6 Å². The van der Waals surface area contributed by atoms with E-state index >= 15 is 0 Å². The van der Waals surface area contributed by atoms with Gasteiger partial charge in [0.2, 0.25) is 11.9 Å². The van der Waals surface area contributed by atoms with E-state index in [9.17, 15) is 4.79 Å². The van der Waals surface area contributed by atoms with E-state index in [1.54, 1.807) is 0 Å². The van der Waals surface area contributed by atoms with Crippen LogP contribution in [0.5, 0.6) is 0 Å². The van der Waals surface area contributed by atoms with Crippen molar-refractivity contribution in [3.8, 4) is 11.4 Å². The lowest BCUT2D eigenvalue weighted by Gasteiger charge is -2.13. The minimum absolute atomic E-state index is 0.0862. The van der Waals surface area contributed by atoms with Crippen molar-refractivity contribution >= 4 is 23.2 Å². The summed E-state index contributed by atoms with van der Waals surface area (Å²) in [7, 11) is 0. The Kier molecular flexibility index (Phi) is 4.70. The van der Waals surface area contributed by atoms with Crippen LogP contribution in [0.3, 0.4) is 0 Å². The van der Waals surface area contributed by atoms with Crippen LogP contribution in [0.4, 0.5) is 17.3 Å². The lowest BCUT2D eigenvalue weighted by Crippen LogP contribution is -2.09. The summed E-state index contributed by atoms with van der Waals surface area (Å²) >= 11 is 0. The van der Waals surface area contributed by atoms with Gasteiger partial charge in [0.15, 0.2) is 5.82 Å². The van der Waals surface area contributed by atoms with E-state index in [0.717, 1.165) is 28.1 Å². The molecule has 0 spiro atoms. The first-order valence-electron chi connectivity index (χ1n) is 7.93. The van der Waals surface area contributed by atoms with E-state index in [-0.39, 0.29) is 5.91 Å². The highest BCUT2D eigenvalue weighted by atomic mass is 16.1. The summed E-state index contributed by atoms with van der Waals surface area (Å²) < 4.78 is 0. The van der Waals surface area contributed by atoms with Crippen molar-refractivity contribution in [3.05, 3.63) is 59.9 Å². The van der Waals surface area contributed by atoms with Gasteiger partial charge in [-0.05, 0) is 37.1 Å². The smallest absolute Gasteiger partial charge is 0.230 e. The summed E-state index contributed by atoms with van der Waals surface area (Å²) in [6, 6.07) is 13.6. The fourth-order valence-corrected chi connectivity index (χ4v) is 2.62. The van der Waals surface area contributed by atoms with Crippen molar-refractivity contribution in [1.29, 1.82) is 0 Å². The average Bonchev–Trinajstić information content (AvgIpc) is 2.59. The molecule has 25 heavy (non-hydrogen) atoms. The first-order valence-corrected chi connectivity index (χ1v) is 7.93. The standard InChI is InChI=1S/C19H19N5O/c1-12-9-16(10-13(2)17(12)22-14(3)25)23-19-21-11-20-18(24-19)15-7-5-4-6-8-15/h4-11H,1-3H3,(H,22,25)(H,20,21,23,24). The zero-order valence-electron chi connectivity index (χ0n) is 14.4. The number of amides is 1. The number of anilines is 3. The van der Waals surface area contributed by atoms with Crippen molar-refractivity contribution in [2.24, 2.45) is 0 Å². The first kappa shape index (κ1) is 16.6. The van der Waals surface area contributed by atoms with Crippen LogP contribution < -0.4 is 10.6 Å². The highest BCUT2D eigenvalue weighted by molar-refractivity contribution is 5.91. The van der Waals surface area contributed by atoms with Crippen LogP contribution in [0.2, 0.25) is 0 Å². The Labute approximate surface area is 146 Å². The van der Waals surface area contributed by atoms with Gasteiger partial charge < -0.3 is 10.6 Å². The zero-order valence-corrected chi connectivity index (χ0v) is 14.4. The third-order valence-electron chi connectivity index (χ3n) is 3.69.